The number of hydrogen-bond acceptors (Lipinski definition) is 3. The lowest BCUT2D eigenvalue weighted by molar-refractivity contribution is 0.0815. The molecular weight excluding hydrogens is 202 g/mol. The first-order valence-electron chi connectivity index (χ1n) is 6.14. The standard InChI is InChI=1S/C12H21N3O/c1-11-13-5-10-15(11)7-2-6-14-8-3-12(16)4-9-14/h5,10,12,16H,2-4,6-9H2,1H3. The van der Waals surface area contributed by atoms with Crippen LogP contribution in [0.5, 0.6) is 0 Å². The molecule has 0 bridgehead atoms. The molecule has 0 aromatic carbocycles. The third kappa shape index (κ3) is 3.06. The normalized spacial score (nSPS) is 19.1. The van der Waals surface area contributed by atoms with Gasteiger partial charge in [-0.2, -0.15) is 0 Å². The van der Waals surface area contributed by atoms with Gasteiger partial charge in [0.05, 0.1) is 6.10 Å². The lowest BCUT2D eigenvalue weighted by Crippen LogP contribution is -2.36. The Kier molecular flexibility index (Phi) is 3.96. The summed E-state index contributed by atoms with van der Waals surface area (Å²) in [5, 5.41) is 9.40. The van der Waals surface area contributed by atoms with E-state index in [4.69, 9.17) is 0 Å². The predicted molar refractivity (Wildman–Crippen MR) is 63.3 cm³/mol. The van der Waals surface area contributed by atoms with Crippen LogP contribution in [0.2, 0.25) is 0 Å². The molecule has 1 aromatic heterocycles. The van der Waals surface area contributed by atoms with Crippen LogP contribution < -0.4 is 0 Å². The fraction of sp³-hybridized carbons (Fsp3) is 0.750. The van der Waals surface area contributed by atoms with E-state index in [2.05, 4.69) is 14.5 Å². The van der Waals surface area contributed by atoms with E-state index in [-0.39, 0.29) is 6.10 Å². The number of aliphatic hydroxyl groups is 1. The fourth-order valence-electron chi connectivity index (χ4n) is 2.25. The molecule has 1 aliphatic heterocycles. The number of likely N-dealkylation sites (tertiary alicyclic amines) is 1. The zero-order valence-corrected chi connectivity index (χ0v) is 9.97. The molecule has 0 aliphatic carbocycles. The summed E-state index contributed by atoms with van der Waals surface area (Å²) in [6.45, 7) is 6.31. The Morgan fingerprint density at radius 2 is 2.12 bits per heavy atom. The van der Waals surface area contributed by atoms with Crippen LogP contribution >= 0.6 is 0 Å². The van der Waals surface area contributed by atoms with E-state index in [1.807, 2.05) is 19.3 Å². The maximum absolute atomic E-state index is 9.40. The Bertz CT molecular complexity index is 316. The molecule has 90 valence electrons. The molecule has 1 aromatic rings. The van der Waals surface area contributed by atoms with Gasteiger partial charge >= 0.3 is 0 Å². The van der Waals surface area contributed by atoms with E-state index in [1.54, 1.807) is 0 Å². The second-order valence-electron chi connectivity index (χ2n) is 4.59. The molecule has 1 N–H and O–H groups in total. The van der Waals surface area contributed by atoms with Crippen molar-refractivity contribution in [2.45, 2.75) is 38.8 Å². The summed E-state index contributed by atoms with van der Waals surface area (Å²) in [5.74, 6) is 1.09. The van der Waals surface area contributed by atoms with Gasteiger partial charge in [0.1, 0.15) is 5.82 Å². The van der Waals surface area contributed by atoms with Crippen molar-refractivity contribution in [2.24, 2.45) is 0 Å². The summed E-state index contributed by atoms with van der Waals surface area (Å²) in [6.07, 6.45) is 6.86. The van der Waals surface area contributed by atoms with Gasteiger partial charge in [-0.1, -0.05) is 0 Å². The van der Waals surface area contributed by atoms with Crippen molar-refractivity contribution in [1.82, 2.24) is 14.5 Å². The smallest absolute Gasteiger partial charge is 0.105 e. The highest BCUT2D eigenvalue weighted by Crippen LogP contribution is 2.10. The van der Waals surface area contributed by atoms with E-state index >= 15 is 0 Å². The van der Waals surface area contributed by atoms with Gasteiger partial charge in [0.25, 0.3) is 0 Å². The Morgan fingerprint density at radius 1 is 1.38 bits per heavy atom. The van der Waals surface area contributed by atoms with E-state index in [9.17, 15) is 5.11 Å². The molecule has 1 aliphatic rings. The minimum atomic E-state index is -0.0628. The summed E-state index contributed by atoms with van der Waals surface area (Å²) in [4.78, 5) is 6.65. The Morgan fingerprint density at radius 3 is 2.75 bits per heavy atom. The van der Waals surface area contributed by atoms with Crippen molar-refractivity contribution >= 4 is 0 Å². The van der Waals surface area contributed by atoms with Crippen LogP contribution in [0.4, 0.5) is 0 Å². The highest BCUT2D eigenvalue weighted by atomic mass is 16.3. The highest BCUT2D eigenvalue weighted by Gasteiger charge is 2.15. The lowest BCUT2D eigenvalue weighted by atomic mass is 10.1. The van der Waals surface area contributed by atoms with Crippen molar-refractivity contribution in [2.75, 3.05) is 19.6 Å². The molecule has 4 nitrogen and oxygen atoms in total. The van der Waals surface area contributed by atoms with Crippen LogP contribution in [-0.2, 0) is 6.54 Å². The molecule has 16 heavy (non-hydrogen) atoms. The monoisotopic (exact) mass is 223 g/mol. The zero-order chi connectivity index (χ0) is 11.4. The molecule has 0 atom stereocenters. The van der Waals surface area contributed by atoms with Crippen molar-refractivity contribution in [1.29, 1.82) is 0 Å². The SMILES string of the molecule is Cc1nccn1CCCN1CCC(O)CC1. The number of nitrogens with zero attached hydrogens (tertiary/aromatic N) is 3. The van der Waals surface area contributed by atoms with Crippen LogP contribution in [0.1, 0.15) is 25.1 Å². The molecule has 0 radical (unpaired) electrons. The van der Waals surface area contributed by atoms with Crippen molar-refractivity contribution in [3.63, 3.8) is 0 Å². The zero-order valence-electron chi connectivity index (χ0n) is 9.97. The molecule has 2 heterocycles. The van der Waals surface area contributed by atoms with E-state index < -0.39 is 0 Å². The van der Waals surface area contributed by atoms with Crippen molar-refractivity contribution in [3.05, 3.63) is 18.2 Å². The molecule has 0 saturated carbocycles. The predicted octanol–water partition coefficient (Wildman–Crippen LogP) is 1.04. The maximum atomic E-state index is 9.40. The molecule has 1 fully saturated rings. The summed E-state index contributed by atoms with van der Waals surface area (Å²) < 4.78 is 2.19. The first kappa shape index (κ1) is 11.6. The van der Waals surface area contributed by atoms with Gasteiger partial charge in [0.2, 0.25) is 0 Å². The first-order valence-corrected chi connectivity index (χ1v) is 6.14. The van der Waals surface area contributed by atoms with Gasteiger partial charge in [-0.15, -0.1) is 0 Å². The van der Waals surface area contributed by atoms with Crippen LogP contribution in [0, 0.1) is 6.92 Å². The largest absolute Gasteiger partial charge is 0.393 e. The number of aromatic nitrogens is 2. The topological polar surface area (TPSA) is 41.3 Å². The molecule has 1 saturated heterocycles. The molecule has 4 heteroatoms. The van der Waals surface area contributed by atoms with Crippen LogP contribution in [-0.4, -0.2) is 45.3 Å². The number of rotatable bonds is 4. The third-order valence-electron chi connectivity index (χ3n) is 3.35. The Hall–Kier alpha value is -0.870. The van der Waals surface area contributed by atoms with Crippen molar-refractivity contribution in [3.8, 4) is 0 Å². The Balaban J connectivity index is 1.67. The summed E-state index contributed by atoms with van der Waals surface area (Å²) in [7, 11) is 0. The van der Waals surface area contributed by atoms with Gasteiger partial charge in [-0.05, 0) is 32.7 Å². The van der Waals surface area contributed by atoms with E-state index in [0.717, 1.165) is 51.3 Å². The molecule has 0 amide bonds. The average molecular weight is 223 g/mol. The molecule has 0 spiro atoms. The number of aliphatic hydroxyl groups excluding tert-OH is 1. The summed E-state index contributed by atoms with van der Waals surface area (Å²) >= 11 is 0. The summed E-state index contributed by atoms with van der Waals surface area (Å²) in [5.41, 5.74) is 0. The fourth-order valence-corrected chi connectivity index (χ4v) is 2.25. The number of hydrogen-bond donors (Lipinski definition) is 1. The van der Waals surface area contributed by atoms with E-state index in [0.29, 0.717) is 0 Å². The van der Waals surface area contributed by atoms with Crippen molar-refractivity contribution < 1.29 is 5.11 Å². The molecule has 0 unspecified atom stereocenters. The van der Waals surface area contributed by atoms with Gasteiger partial charge in [-0.25, -0.2) is 4.98 Å². The van der Waals surface area contributed by atoms with Crippen LogP contribution in [0.3, 0.4) is 0 Å². The minimum absolute atomic E-state index is 0.0628. The third-order valence-corrected chi connectivity index (χ3v) is 3.35. The maximum Gasteiger partial charge on any atom is 0.105 e. The average Bonchev–Trinajstić information content (AvgIpc) is 2.68. The van der Waals surface area contributed by atoms with Crippen LogP contribution in [0.25, 0.3) is 0 Å². The minimum Gasteiger partial charge on any atom is -0.393 e. The second-order valence-corrected chi connectivity index (χ2v) is 4.59. The van der Waals surface area contributed by atoms with Gasteiger partial charge in [-0.3, -0.25) is 0 Å². The molecule has 2 rings (SSSR count). The Labute approximate surface area is 96.9 Å². The highest BCUT2D eigenvalue weighted by molar-refractivity contribution is 4.88. The lowest BCUT2D eigenvalue weighted by Gasteiger charge is -2.29. The van der Waals surface area contributed by atoms with Gasteiger partial charge < -0.3 is 14.6 Å². The van der Waals surface area contributed by atoms with E-state index in [1.165, 1.54) is 0 Å². The molecular formula is C12H21N3O. The van der Waals surface area contributed by atoms with Gasteiger partial charge in [0.15, 0.2) is 0 Å². The second kappa shape index (κ2) is 5.46. The quantitative estimate of drug-likeness (QED) is 0.829. The summed E-state index contributed by atoms with van der Waals surface area (Å²) in [6, 6.07) is 0. The van der Waals surface area contributed by atoms with Crippen LogP contribution in [0.15, 0.2) is 12.4 Å². The van der Waals surface area contributed by atoms with Gasteiger partial charge in [0, 0.05) is 32.0 Å². The number of imidazole rings is 1. The number of piperidine rings is 1. The first-order chi connectivity index (χ1) is 7.75. The number of aryl methyl sites for hydroxylation is 2.